The number of para-hydroxylation sites is 1. The highest BCUT2D eigenvalue weighted by molar-refractivity contribution is 8.02. The van der Waals surface area contributed by atoms with Crippen molar-refractivity contribution >= 4 is 23.6 Å². The number of aliphatic hydroxyl groups is 1. The first-order valence-electron chi connectivity index (χ1n) is 7.34. The lowest BCUT2D eigenvalue weighted by atomic mass is 9.99. The molecule has 2 aliphatic rings. The molecule has 3 rings (SSSR count). The lowest BCUT2D eigenvalue weighted by Crippen LogP contribution is -2.73. The molecule has 3 atom stereocenters. The van der Waals surface area contributed by atoms with Crippen LogP contribution in [0.25, 0.3) is 0 Å². The molecule has 0 bridgehead atoms. The normalized spacial score (nSPS) is 26.0. The van der Waals surface area contributed by atoms with Crippen molar-refractivity contribution in [3.05, 3.63) is 41.3 Å². The number of amides is 2. The van der Waals surface area contributed by atoms with Crippen LogP contribution >= 0.6 is 11.8 Å². The average molecular weight is 334 g/mol. The molecule has 122 valence electrons. The summed E-state index contributed by atoms with van der Waals surface area (Å²) in [6.07, 6.45) is 0. The Hall–Kier alpha value is -1.99. The topological polar surface area (TPSA) is 78.9 Å². The maximum Gasteiger partial charge on any atom is 0.258 e. The Labute approximate surface area is 138 Å². The van der Waals surface area contributed by atoms with Crippen LogP contribution in [0.3, 0.4) is 0 Å². The summed E-state index contributed by atoms with van der Waals surface area (Å²) in [5.41, 5.74) is 0.958. The number of carbonyl (C=O) groups excluding carboxylic acids is 2. The molecule has 0 radical (unpaired) electrons. The maximum absolute atomic E-state index is 12.2. The third kappa shape index (κ3) is 3.07. The minimum absolute atomic E-state index is 0.108. The number of hydrogen-bond donors (Lipinski definition) is 2. The van der Waals surface area contributed by atoms with Crippen LogP contribution in [0.4, 0.5) is 0 Å². The fourth-order valence-corrected chi connectivity index (χ4v) is 3.92. The van der Waals surface area contributed by atoms with Crippen LogP contribution in [0.2, 0.25) is 0 Å². The molecule has 2 N–H and O–H groups in total. The van der Waals surface area contributed by atoms with E-state index in [4.69, 9.17) is 4.74 Å². The van der Waals surface area contributed by atoms with E-state index in [1.165, 1.54) is 11.8 Å². The second-order valence-corrected chi connectivity index (χ2v) is 6.47. The Kier molecular flexibility index (Phi) is 4.58. The van der Waals surface area contributed by atoms with Gasteiger partial charge in [0.05, 0.1) is 12.6 Å². The molecule has 0 saturated carbocycles. The molecule has 6 nitrogen and oxygen atoms in total. The van der Waals surface area contributed by atoms with E-state index in [9.17, 15) is 14.7 Å². The Morgan fingerprint density at radius 1 is 1.39 bits per heavy atom. The molecule has 0 aromatic heterocycles. The number of fused-ring (bicyclic) bond motifs is 1. The predicted molar refractivity (Wildman–Crippen MR) is 86.7 cm³/mol. The maximum atomic E-state index is 12.2. The molecule has 0 unspecified atom stereocenters. The second-order valence-electron chi connectivity index (χ2n) is 5.48. The van der Waals surface area contributed by atoms with Crippen molar-refractivity contribution in [1.29, 1.82) is 0 Å². The molecule has 0 aliphatic carbocycles. The van der Waals surface area contributed by atoms with Crippen LogP contribution in [-0.4, -0.2) is 52.5 Å². The average Bonchev–Trinajstić information content (AvgIpc) is 2.58. The Morgan fingerprint density at radius 2 is 2.13 bits per heavy atom. The number of β-lactam (4-membered cyclic amide) rings is 1. The van der Waals surface area contributed by atoms with Crippen molar-refractivity contribution in [2.75, 3.05) is 13.2 Å². The highest BCUT2D eigenvalue weighted by atomic mass is 32.2. The van der Waals surface area contributed by atoms with Gasteiger partial charge in [-0.2, -0.15) is 0 Å². The van der Waals surface area contributed by atoms with Gasteiger partial charge in [-0.3, -0.25) is 9.59 Å². The smallest absolute Gasteiger partial charge is 0.258 e. The van der Waals surface area contributed by atoms with Crippen LogP contribution < -0.4 is 10.1 Å². The zero-order chi connectivity index (χ0) is 16.4. The van der Waals surface area contributed by atoms with Gasteiger partial charge in [0, 0.05) is 0 Å². The van der Waals surface area contributed by atoms with Crippen LogP contribution in [0, 0.1) is 0 Å². The number of rotatable bonds is 5. The summed E-state index contributed by atoms with van der Waals surface area (Å²) >= 11 is 1.48. The predicted octanol–water partition coefficient (Wildman–Crippen LogP) is 0.730. The van der Waals surface area contributed by atoms with Gasteiger partial charge in [-0.1, -0.05) is 18.2 Å². The van der Waals surface area contributed by atoms with Gasteiger partial charge in [-0.25, -0.2) is 0 Å². The van der Waals surface area contributed by atoms with Gasteiger partial charge in [0.25, 0.3) is 5.91 Å². The van der Waals surface area contributed by atoms with E-state index in [0.717, 1.165) is 5.57 Å². The van der Waals surface area contributed by atoms with Gasteiger partial charge < -0.3 is 20.1 Å². The SMILES string of the molecule is CC1=CS[C@@H]2[C@H](NC(=O)COc3ccccc3)C(=O)N2[C@H]1CO. The number of ether oxygens (including phenoxy) is 1. The van der Waals surface area contributed by atoms with E-state index in [2.05, 4.69) is 5.32 Å². The Morgan fingerprint density at radius 3 is 2.83 bits per heavy atom. The molecule has 1 aromatic carbocycles. The van der Waals surface area contributed by atoms with Gasteiger partial charge in [0.2, 0.25) is 5.91 Å². The third-order valence-electron chi connectivity index (χ3n) is 3.94. The number of hydrogen-bond acceptors (Lipinski definition) is 5. The first-order chi connectivity index (χ1) is 11.1. The van der Waals surface area contributed by atoms with Crippen LogP contribution in [0.5, 0.6) is 5.75 Å². The zero-order valence-corrected chi connectivity index (χ0v) is 13.5. The van der Waals surface area contributed by atoms with Crippen molar-refractivity contribution < 1.29 is 19.4 Å². The molecule has 2 aliphatic heterocycles. The van der Waals surface area contributed by atoms with Crippen molar-refractivity contribution in [2.24, 2.45) is 0 Å². The summed E-state index contributed by atoms with van der Waals surface area (Å²) in [6.45, 7) is 1.64. The Balaban J connectivity index is 1.55. The van der Waals surface area contributed by atoms with Gasteiger partial charge >= 0.3 is 0 Å². The van der Waals surface area contributed by atoms with Crippen LogP contribution in [-0.2, 0) is 9.59 Å². The third-order valence-corrected chi connectivity index (χ3v) is 5.22. The van der Waals surface area contributed by atoms with E-state index in [1.54, 1.807) is 17.0 Å². The molecule has 0 spiro atoms. The van der Waals surface area contributed by atoms with Crippen molar-refractivity contribution in [3.8, 4) is 5.75 Å². The van der Waals surface area contributed by atoms with Crippen LogP contribution in [0.1, 0.15) is 6.92 Å². The molecule has 23 heavy (non-hydrogen) atoms. The minimum atomic E-state index is -0.565. The molecule has 7 heteroatoms. The number of thioether (sulfide) groups is 1. The van der Waals surface area contributed by atoms with Gasteiger partial charge in [0.15, 0.2) is 6.61 Å². The van der Waals surface area contributed by atoms with Gasteiger partial charge in [-0.15, -0.1) is 11.8 Å². The van der Waals surface area contributed by atoms with E-state index in [0.29, 0.717) is 5.75 Å². The molecule has 1 aromatic rings. The van der Waals surface area contributed by atoms with Gasteiger partial charge in [-0.05, 0) is 30.0 Å². The molecule has 2 heterocycles. The first kappa shape index (κ1) is 15.9. The fourth-order valence-electron chi connectivity index (χ4n) is 2.68. The Bertz CT molecular complexity index is 634. The largest absolute Gasteiger partial charge is 0.484 e. The molecule has 1 fully saturated rings. The number of aliphatic hydroxyl groups excluding tert-OH is 1. The number of benzene rings is 1. The first-order valence-corrected chi connectivity index (χ1v) is 8.28. The van der Waals surface area contributed by atoms with E-state index in [1.807, 2.05) is 30.5 Å². The number of carbonyl (C=O) groups is 2. The highest BCUT2D eigenvalue weighted by Crippen LogP contribution is 2.39. The summed E-state index contributed by atoms with van der Waals surface area (Å²) in [6, 6.07) is 8.18. The molecular formula is C16H18N2O4S. The summed E-state index contributed by atoms with van der Waals surface area (Å²) < 4.78 is 5.37. The van der Waals surface area contributed by atoms with E-state index in [-0.39, 0.29) is 36.4 Å². The highest BCUT2D eigenvalue weighted by Gasteiger charge is 2.52. The van der Waals surface area contributed by atoms with Crippen molar-refractivity contribution in [2.45, 2.75) is 24.4 Å². The molecular weight excluding hydrogens is 316 g/mol. The number of nitrogens with one attached hydrogen (secondary N) is 1. The lowest BCUT2D eigenvalue weighted by Gasteiger charge is -2.52. The minimum Gasteiger partial charge on any atom is -0.484 e. The second kappa shape index (κ2) is 6.64. The summed E-state index contributed by atoms with van der Waals surface area (Å²) in [7, 11) is 0. The van der Waals surface area contributed by atoms with Gasteiger partial charge in [0.1, 0.15) is 17.2 Å². The molecule has 2 amide bonds. The summed E-state index contributed by atoms with van der Waals surface area (Å²) in [4.78, 5) is 25.8. The zero-order valence-electron chi connectivity index (χ0n) is 12.6. The van der Waals surface area contributed by atoms with Crippen molar-refractivity contribution in [3.63, 3.8) is 0 Å². The quantitative estimate of drug-likeness (QED) is 0.776. The summed E-state index contributed by atoms with van der Waals surface area (Å²) in [5, 5.41) is 13.9. The van der Waals surface area contributed by atoms with E-state index >= 15 is 0 Å². The van der Waals surface area contributed by atoms with Crippen molar-refractivity contribution in [1.82, 2.24) is 10.2 Å². The monoisotopic (exact) mass is 334 g/mol. The van der Waals surface area contributed by atoms with E-state index < -0.39 is 6.04 Å². The summed E-state index contributed by atoms with van der Waals surface area (Å²) in [5.74, 6) is 0.108. The lowest BCUT2D eigenvalue weighted by molar-refractivity contribution is -0.152. The van der Waals surface area contributed by atoms with Crippen LogP contribution in [0.15, 0.2) is 41.3 Å². The standard InChI is InChI=1S/C16H18N2O4S/c1-10-9-23-16-14(15(21)18(16)12(10)7-19)17-13(20)8-22-11-5-3-2-4-6-11/h2-6,9,12,14,16,19H,7-8H2,1H3,(H,17,20)/t12-,14+,16+/m0/s1. The number of nitrogens with zero attached hydrogens (tertiary/aromatic N) is 1. The molecule has 1 saturated heterocycles. The fraction of sp³-hybridized carbons (Fsp3) is 0.375.